The number of carbonyl (C=O) groups excluding carboxylic acids is 1. The number of benzene rings is 2. The third-order valence-corrected chi connectivity index (χ3v) is 5.73. The number of halogens is 1. The molecule has 1 atom stereocenters. The molecular weight excluding hydrogens is 423 g/mol. The molecule has 0 fully saturated rings. The third-order valence-electron chi connectivity index (χ3n) is 4.54. The summed E-state index contributed by atoms with van der Waals surface area (Å²) in [4.78, 5) is 12.6. The maximum atomic E-state index is 14.0. The van der Waals surface area contributed by atoms with E-state index < -0.39 is 34.3 Å². The van der Waals surface area contributed by atoms with Crippen molar-refractivity contribution in [3.05, 3.63) is 59.4 Å². The Morgan fingerprint density at radius 2 is 1.74 bits per heavy atom. The molecule has 0 aliphatic carbocycles. The molecule has 0 aromatic heterocycles. The number of nitrogens with zero attached hydrogens (tertiary/aromatic N) is 1. The molecule has 7 nitrogen and oxygen atoms in total. The predicted octanol–water partition coefficient (Wildman–Crippen LogP) is 3.26. The highest BCUT2D eigenvalue weighted by Crippen LogP contribution is 2.30. The quantitative estimate of drug-likeness (QED) is 0.566. The van der Waals surface area contributed by atoms with Gasteiger partial charge in [0.1, 0.15) is 5.82 Å². The average molecular weight is 453 g/mol. The number of sulfonamides is 1. The summed E-state index contributed by atoms with van der Waals surface area (Å²) in [5.41, 5.74) is 0.974. The Balaban J connectivity index is 2.11. The number of rotatable bonds is 11. The normalized spacial score (nSPS) is 12.5. The van der Waals surface area contributed by atoms with Crippen molar-refractivity contribution in [3.63, 3.8) is 0 Å². The summed E-state index contributed by atoms with van der Waals surface area (Å²) in [6.07, 6.45) is 0.991. The molecule has 0 aliphatic rings. The number of ether oxygens (including phenoxy) is 2. The Morgan fingerprint density at radius 3 is 2.35 bits per heavy atom. The minimum atomic E-state index is -3.73. The Labute approximate surface area is 183 Å². The van der Waals surface area contributed by atoms with Crippen molar-refractivity contribution in [2.75, 3.05) is 26.0 Å². The summed E-state index contributed by atoms with van der Waals surface area (Å²) in [5.74, 6) is 0.156. The van der Waals surface area contributed by atoms with Crippen molar-refractivity contribution in [1.29, 1.82) is 0 Å². The molecule has 1 amide bonds. The summed E-state index contributed by atoms with van der Waals surface area (Å²) >= 11 is 0. The van der Waals surface area contributed by atoms with Crippen LogP contribution in [0.5, 0.6) is 11.5 Å². The molecule has 9 heteroatoms. The lowest BCUT2D eigenvalue weighted by atomic mass is 10.1. The smallest absolute Gasteiger partial charge is 0.235 e. The highest BCUT2D eigenvalue weighted by molar-refractivity contribution is 7.88. The molecule has 2 rings (SSSR count). The van der Waals surface area contributed by atoms with Gasteiger partial charge in [-0.15, -0.1) is 0 Å². The predicted molar refractivity (Wildman–Crippen MR) is 117 cm³/mol. The molecule has 0 saturated heterocycles. The van der Waals surface area contributed by atoms with Crippen LogP contribution in [0.4, 0.5) is 4.39 Å². The van der Waals surface area contributed by atoms with Gasteiger partial charge in [0.15, 0.2) is 11.5 Å². The second kappa shape index (κ2) is 11.1. The lowest BCUT2D eigenvalue weighted by Crippen LogP contribution is -2.40. The molecular formula is C22H29FN2O5S. The molecule has 0 bridgehead atoms. The van der Waals surface area contributed by atoms with E-state index in [9.17, 15) is 17.6 Å². The molecule has 170 valence electrons. The molecule has 2 aromatic rings. The molecule has 1 N–H and O–H groups in total. The van der Waals surface area contributed by atoms with Gasteiger partial charge in [-0.1, -0.05) is 24.3 Å². The SMILES string of the molecule is CCOc1ccc([C@H](C)NC(=O)CN(Cc2ccccc2F)S(C)(=O)=O)cc1OCC. The fourth-order valence-electron chi connectivity index (χ4n) is 2.97. The monoisotopic (exact) mass is 452 g/mol. The highest BCUT2D eigenvalue weighted by Gasteiger charge is 2.23. The summed E-state index contributed by atoms with van der Waals surface area (Å²) in [5, 5.41) is 2.78. The van der Waals surface area contributed by atoms with Gasteiger partial charge in [0.25, 0.3) is 0 Å². The largest absolute Gasteiger partial charge is 0.490 e. The molecule has 0 spiro atoms. The summed E-state index contributed by atoms with van der Waals surface area (Å²) in [6, 6.07) is 10.8. The standard InChI is InChI=1S/C22H29FN2O5S/c1-5-29-20-12-11-17(13-21(20)30-6-2)16(3)24-22(26)15-25(31(4,27)28)14-18-9-7-8-10-19(18)23/h7-13,16H,5-6,14-15H2,1-4H3,(H,24,26)/t16-/m0/s1. The number of carbonyl (C=O) groups is 1. The molecule has 0 saturated carbocycles. The zero-order valence-corrected chi connectivity index (χ0v) is 19.0. The van der Waals surface area contributed by atoms with Crippen molar-refractivity contribution < 1.29 is 27.1 Å². The van der Waals surface area contributed by atoms with Crippen LogP contribution in [0.25, 0.3) is 0 Å². The molecule has 2 aromatic carbocycles. The lowest BCUT2D eigenvalue weighted by Gasteiger charge is -2.22. The average Bonchev–Trinajstić information content (AvgIpc) is 2.70. The summed E-state index contributed by atoms with van der Waals surface area (Å²) in [7, 11) is -3.73. The molecule has 0 aliphatic heterocycles. The number of amides is 1. The van der Waals surface area contributed by atoms with E-state index in [-0.39, 0.29) is 12.1 Å². The zero-order chi connectivity index (χ0) is 23.0. The third kappa shape index (κ3) is 7.22. The van der Waals surface area contributed by atoms with Crippen LogP contribution in [0.3, 0.4) is 0 Å². The van der Waals surface area contributed by atoms with E-state index in [4.69, 9.17) is 9.47 Å². The van der Waals surface area contributed by atoms with Gasteiger partial charge in [0.2, 0.25) is 15.9 Å². The van der Waals surface area contributed by atoms with Crippen LogP contribution in [0.1, 0.15) is 37.9 Å². The van der Waals surface area contributed by atoms with E-state index in [2.05, 4.69) is 5.32 Å². The Kier molecular flexibility index (Phi) is 8.82. The van der Waals surface area contributed by atoms with E-state index in [0.717, 1.165) is 16.1 Å². The molecule has 0 unspecified atom stereocenters. The van der Waals surface area contributed by atoms with Crippen molar-refractivity contribution in [1.82, 2.24) is 9.62 Å². The van der Waals surface area contributed by atoms with Crippen molar-refractivity contribution in [2.45, 2.75) is 33.4 Å². The Hall–Kier alpha value is -2.65. The fraction of sp³-hybridized carbons (Fsp3) is 0.409. The van der Waals surface area contributed by atoms with Crippen LogP contribution in [0.2, 0.25) is 0 Å². The number of hydrogen-bond donors (Lipinski definition) is 1. The van der Waals surface area contributed by atoms with E-state index in [1.807, 2.05) is 19.9 Å². The van der Waals surface area contributed by atoms with Crippen molar-refractivity contribution in [2.24, 2.45) is 0 Å². The van der Waals surface area contributed by atoms with Crippen LogP contribution in [0, 0.1) is 5.82 Å². The van der Waals surface area contributed by atoms with Gasteiger partial charge in [-0.3, -0.25) is 4.79 Å². The van der Waals surface area contributed by atoms with Gasteiger partial charge in [0.05, 0.1) is 32.1 Å². The Bertz CT molecular complexity index is 997. The van der Waals surface area contributed by atoms with Gasteiger partial charge in [-0.2, -0.15) is 4.31 Å². The first-order valence-electron chi connectivity index (χ1n) is 10.0. The minimum Gasteiger partial charge on any atom is -0.490 e. The van der Waals surface area contributed by atoms with Gasteiger partial charge in [-0.05, 0) is 44.5 Å². The summed E-state index contributed by atoms with van der Waals surface area (Å²) in [6.45, 7) is 5.83. The van der Waals surface area contributed by atoms with Gasteiger partial charge in [0, 0.05) is 12.1 Å². The molecule has 0 heterocycles. The second-order valence-corrected chi connectivity index (χ2v) is 8.97. The lowest BCUT2D eigenvalue weighted by molar-refractivity contribution is -0.122. The maximum absolute atomic E-state index is 14.0. The van der Waals surface area contributed by atoms with Gasteiger partial charge in [-0.25, -0.2) is 12.8 Å². The first-order valence-corrected chi connectivity index (χ1v) is 11.9. The van der Waals surface area contributed by atoms with Crippen molar-refractivity contribution in [3.8, 4) is 11.5 Å². The van der Waals surface area contributed by atoms with Crippen LogP contribution in [0.15, 0.2) is 42.5 Å². The van der Waals surface area contributed by atoms with Crippen LogP contribution < -0.4 is 14.8 Å². The van der Waals surface area contributed by atoms with E-state index >= 15 is 0 Å². The van der Waals surface area contributed by atoms with Gasteiger partial charge >= 0.3 is 0 Å². The Morgan fingerprint density at radius 1 is 1.10 bits per heavy atom. The maximum Gasteiger partial charge on any atom is 0.235 e. The van der Waals surface area contributed by atoms with E-state index in [0.29, 0.717) is 24.7 Å². The zero-order valence-electron chi connectivity index (χ0n) is 18.2. The van der Waals surface area contributed by atoms with E-state index in [1.165, 1.54) is 18.2 Å². The summed E-state index contributed by atoms with van der Waals surface area (Å²) < 4.78 is 50.3. The van der Waals surface area contributed by atoms with Crippen LogP contribution in [-0.2, 0) is 21.4 Å². The van der Waals surface area contributed by atoms with E-state index in [1.54, 1.807) is 25.1 Å². The van der Waals surface area contributed by atoms with Gasteiger partial charge < -0.3 is 14.8 Å². The molecule has 0 radical (unpaired) electrons. The van der Waals surface area contributed by atoms with Crippen molar-refractivity contribution >= 4 is 15.9 Å². The second-order valence-electron chi connectivity index (χ2n) is 6.98. The van der Waals surface area contributed by atoms with Crippen LogP contribution >= 0.6 is 0 Å². The number of nitrogens with one attached hydrogen (secondary N) is 1. The first-order chi connectivity index (χ1) is 14.7. The highest BCUT2D eigenvalue weighted by atomic mass is 32.2. The molecule has 31 heavy (non-hydrogen) atoms. The first kappa shape index (κ1) is 24.6. The van der Waals surface area contributed by atoms with Crippen LogP contribution in [-0.4, -0.2) is 44.6 Å². The topological polar surface area (TPSA) is 84.9 Å². The number of hydrogen-bond acceptors (Lipinski definition) is 5. The minimum absolute atomic E-state index is 0.196. The fourth-order valence-corrected chi connectivity index (χ4v) is 3.70.